The molecule has 1 saturated carbocycles. The number of amides is 1. The Morgan fingerprint density at radius 2 is 2.10 bits per heavy atom. The van der Waals surface area contributed by atoms with Gasteiger partial charge in [0.1, 0.15) is 5.83 Å². The minimum absolute atomic E-state index is 0.144. The van der Waals surface area contributed by atoms with Crippen molar-refractivity contribution in [3.8, 4) is 0 Å². The summed E-state index contributed by atoms with van der Waals surface area (Å²) in [6.45, 7) is 6.99. The SMILES string of the molecule is C=C(Cl)/C=C\C=C(/F)C1CN(CC)C2(CCCCC2)C1C(=O)Nc1cccc(Cl)c1. The molecule has 1 heterocycles. The van der Waals surface area contributed by atoms with Crippen molar-refractivity contribution in [2.75, 3.05) is 18.4 Å². The van der Waals surface area contributed by atoms with Crippen molar-refractivity contribution >= 4 is 34.8 Å². The third kappa shape index (κ3) is 4.99. The van der Waals surface area contributed by atoms with E-state index in [1.807, 2.05) is 0 Å². The number of anilines is 1. The van der Waals surface area contributed by atoms with E-state index in [0.717, 1.165) is 38.6 Å². The lowest BCUT2D eigenvalue weighted by Crippen LogP contribution is -2.52. The quantitative estimate of drug-likeness (QED) is 0.488. The summed E-state index contributed by atoms with van der Waals surface area (Å²) in [4.78, 5) is 15.8. The van der Waals surface area contributed by atoms with Gasteiger partial charge in [0, 0.05) is 33.7 Å². The van der Waals surface area contributed by atoms with Crippen LogP contribution in [0.15, 0.2) is 59.9 Å². The molecule has 3 rings (SSSR count). The maximum absolute atomic E-state index is 15.3. The number of benzene rings is 1. The van der Waals surface area contributed by atoms with Crippen LogP contribution >= 0.6 is 23.2 Å². The standard InChI is InChI=1S/C24H29Cl2FN2O/c1-3-29-16-20(21(27)12-7-9-17(2)25)22(24(29)13-5-4-6-14-24)23(30)28-19-11-8-10-18(26)15-19/h7-12,15,20,22H,2-6,13-14,16H2,1H3,(H,28,30)/b9-7-,21-12-. The Kier molecular flexibility index (Phi) is 7.78. The van der Waals surface area contributed by atoms with Gasteiger partial charge in [-0.2, -0.15) is 0 Å². The molecule has 2 aliphatic rings. The molecule has 2 fully saturated rings. The normalized spacial score (nSPS) is 24.5. The highest BCUT2D eigenvalue weighted by Gasteiger charge is 2.57. The zero-order valence-corrected chi connectivity index (χ0v) is 18.9. The molecule has 1 saturated heterocycles. The topological polar surface area (TPSA) is 32.3 Å². The van der Waals surface area contributed by atoms with Gasteiger partial charge in [-0.15, -0.1) is 0 Å². The Balaban J connectivity index is 1.96. The van der Waals surface area contributed by atoms with E-state index in [4.69, 9.17) is 23.2 Å². The van der Waals surface area contributed by atoms with E-state index < -0.39 is 11.8 Å². The number of likely N-dealkylation sites (tertiary alicyclic amines) is 1. The molecule has 3 nitrogen and oxygen atoms in total. The molecule has 1 aliphatic carbocycles. The van der Waals surface area contributed by atoms with Crippen LogP contribution in [0.25, 0.3) is 0 Å². The Hall–Kier alpha value is -1.62. The minimum Gasteiger partial charge on any atom is -0.326 e. The van der Waals surface area contributed by atoms with Crippen molar-refractivity contribution in [1.82, 2.24) is 4.90 Å². The fraction of sp³-hybridized carbons (Fsp3) is 0.458. The van der Waals surface area contributed by atoms with Gasteiger partial charge in [-0.3, -0.25) is 9.69 Å². The van der Waals surface area contributed by atoms with Gasteiger partial charge in [-0.25, -0.2) is 4.39 Å². The van der Waals surface area contributed by atoms with Crippen LogP contribution in [0.1, 0.15) is 39.0 Å². The van der Waals surface area contributed by atoms with Crippen molar-refractivity contribution in [1.29, 1.82) is 0 Å². The van der Waals surface area contributed by atoms with Gasteiger partial charge in [0.05, 0.1) is 5.92 Å². The van der Waals surface area contributed by atoms with Gasteiger partial charge in [-0.1, -0.05) is 68.1 Å². The summed E-state index contributed by atoms with van der Waals surface area (Å²) in [7, 11) is 0. The minimum atomic E-state index is -0.504. The molecule has 6 heteroatoms. The van der Waals surface area contributed by atoms with Crippen LogP contribution in [0.2, 0.25) is 5.02 Å². The van der Waals surface area contributed by atoms with E-state index in [0.29, 0.717) is 22.3 Å². The van der Waals surface area contributed by atoms with Crippen LogP contribution in [0, 0.1) is 11.8 Å². The molecule has 1 spiro atoms. The Labute approximate surface area is 188 Å². The summed E-state index contributed by atoms with van der Waals surface area (Å²) in [6.07, 6.45) is 9.60. The lowest BCUT2D eigenvalue weighted by molar-refractivity contribution is -0.124. The third-order valence-corrected chi connectivity index (χ3v) is 6.75. The molecule has 1 aromatic rings. The monoisotopic (exact) mass is 450 g/mol. The second kappa shape index (κ2) is 10.1. The van der Waals surface area contributed by atoms with Crippen molar-refractivity contribution < 1.29 is 9.18 Å². The lowest BCUT2D eigenvalue weighted by Gasteiger charge is -2.44. The second-order valence-electron chi connectivity index (χ2n) is 8.14. The highest BCUT2D eigenvalue weighted by atomic mass is 35.5. The molecular weight excluding hydrogens is 422 g/mol. The number of carbonyl (C=O) groups excluding carboxylic acids is 1. The van der Waals surface area contributed by atoms with Crippen LogP contribution < -0.4 is 5.32 Å². The number of allylic oxidation sites excluding steroid dienone is 4. The van der Waals surface area contributed by atoms with Gasteiger partial charge < -0.3 is 5.32 Å². The summed E-state index contributed by atoms with van der Waals surface area (Å²) < 4.78 is 15.3. The van der Waals surface area contributed by atoms with E-state index in [9.17, 15) is 4.79 Å². The number of halogens is 3. The molecule has 2 unspecified atom stereocenters. The fourth-order valence-corrected chi connectivity index (χ4v) is 5.42. The first-order valence-electron chi connectivity index (χ1n) is 10.6. The van der Waals surface area contributed by atoms with E-state index in [2.05, 4.69) is 23.7 Å². The number of carbonyl (C=O) groups is 1. The molecule has 1 N–H and O–H groups in total. The van der Waals surface area contributed by atoms with Crippen LogP contribution in [-0.4, -0.2) is 29.4 Å². The average molecular weight is 451 g/mol. The summed E-state index contributed by atoms with van der Waals surface area (Å²) in [6, 6.07) is 7.08. The van der Waals surface area contributed by atoms with Crippen LogP contribution in [-0.2, 0) is 4.79 Å². The first-order valence-corrected chi connectivity index (χ1v) is 11.3. The van der Waals surface area contributed by atoms with Gasteiger partial charge >= 0.3 is 0 Å². The Morgan fingerprint density at radius 1 is 1.37 bits per heavy atom. The van der Waals surface area contributed by atoms with Crippen LogP contribution in [0.4, 0.5) is 10.1 Å². The lowest BCUT2D eigenvalue weighted by atomic mass is 9.70. The van der Waals surface area contributed by atoms with Crippen molar-refractivity contribution in [3.63, 3.8) is 0 Å². The zero-order chi connectivity index (χ0) is 21.7. The highest BCUT2D eigenvalue weighted by Crippen LogP contribution is 2.50. The number of hydrogen-bond donors (Lipinski definition) is 1. The predicted octanol–water partition coefficient (Wildman–Crippen LogP) is 6.71. The number of hydrogen-bond acceptors (Lipinski definition) is 2. The van der Waals surface area contributed by atoms with Gasteiger partial charge in [0.25, 0.3) is 0 Å². The molecule has 1 amide bonds. The summed E-state index contributed by atoms with van der Waals surface area (Å²) in [5, 5.41) is 3.89. The molecule has 0 aromatic heterocycles. The molecule has 1 aromatic carbocycles. The maximum Gasteiger partial charge on any atom is 0.230 e. The van der Waals surface area contributed by atoms with Gasteiger partial charge in [-0.05, 0) is 49.7 Å². The van der Waals surface area contributed by atoms with Gasteiger partial charge in [0.15, 0.2) is 0 Å². The average Bonchev–Trinajstić information content (AvgIpc) is 3.01. The van der Waals surface area contributed by atoms with E-state index in [-0.39, 0.29) is 17.3 Å². The maximum atomic E-state index is 15.3. The first kappa shape index (κ1) is 23.1. The largest absolute Gasteiger partial charge is 0.326 e. The summed E-state index contributed by atoms with van der Waals surface area (Å²) >= 11 is 11.8. The molecule has 1 aliphatic heterocycles. The third-order valence-electron chi connectivity index (χ3n) is 6.39. The summed E-state index contributed by atoms with van der Waals surface area (Å²) in [5.74, 6) is -1.42. The Morgan fingerprint density at radius 3 is 2.73 bits per heavy atom. The van der Waals surface area contributed by atoms with Gasteiger partial charge in [0.2, 0.25) is 5.91 Å². The smallest absolute Gasteiger partial charge is 0.230 e. The first-order chi connectivity index (χ1) is 14.4. The summed E-state index contributed by atoms with van der Waals surface area (Å²) in [5.41, 5.74) is 0.320. The molecule has 0 bridgehead atoms. The highest BCUT2D eigenvalue weighted by molar-refractivity contribution is 6.31. The number of nitrogens with zero attached hydrogens (tertiary/aromatic N) is 1. The zero-order valence-electron chi connectivity index (χ0n) is 17.3. The molecule has 0 radical (unpaired) electrons. The van der Waals surface area contributed by atoms with Crippen molar-refractivity contribution in [3.05, 3.63) is 65.0 Å². The molecule has 30 heavy (non-hydrogen) atoms. The molecule has 2 atom stereocenters. The van der Waals surface area contributed by atoms with Crippen LogP contribution in [0.5, 0.6) is 0 Å². The second-order valence-corrected chi connectivity index (χ2v) is 9.07. The van der Waals surface area contributed by atoms with E-state index >= 15 is 4.39 Å². The molecular formula is C24H29Cl2FN2O. The van der Waals surface area contributed by atoms with Crippen molar-refractivity contribution in [2.24, 2.45) is 11.8 Å². The Bertz CT molecular complexity index is 845. The predicted molar refractivity (Wildman–Crippen MR) is 123 cm³/mol. The van der Waals surface area contributed by atoms with E-state index in [1.54, 1.807) is 36.4 Å². The van der Waals surface area contributed by atoms with Crippen LogP contribution in [0.3, 0.4) is 0 Å². The van der Waals surface area contributed by atoms with E-state index in [1.165, 1.54) is 6.08 Å². The molecule has 162 valence electrons. The number of nitrogens with one attached hydrogen (secondary N) is 1. The fourth-order valence-electron chi connectivity index (χ4n) is 5.16. The van der Waals surface area contributed by atoms with Crippen molar-refractivity contribution in [2.45, 2.75) is 44.6 Å². The number of rotatable bonds is 6.